The zero-order valence-electron chi connectivity index (χ0n) is 5.36. The predicted molar refractivity (Wildman–Crippen MR) is 40.4 cm³/mol. The van der Waals surface area contributed by atoms with Crippen molar-refractivity contribution < 1.29 is 5.11 Å². The smallest absolute Gasteiger partial charge is 0.232 e. The average molecular weight is 156 g/mol. The monoisotopic (exact) mass is 156 g/mol. The Balaban J connectivity index is 2.44. The van der Waals surface area contributed by atoms with Crippen molar-refractivity contribution in [2.45, 2.75) is 18.2 Å². The number of hydrogen-bond donors (Lipinski definition) is 2. The molecule has 0 aromatic carbocycles. The topological polar surface area (TPSA) is 38.1 Å². The first-order valence-corrected chi connectivity index (χ1v) is 3.70. The highest BCUT2D eigenvalue weighted by Crippen LogP contribution is 2.25. The Hall–Kier alpha value is -0.640. The van der Waals surface area contributed by atoms with Crippen LogP contribution in [-0.2, 0) is 13.0 Å². The number of thiol groups is 1. The van der Waals surface area contributed by atoms with E-state index in [2.05, 4.69) is 17.6 Å². The Morgan fingerprint density at radius 2 is 2.60 bits per heavy atom. The van der Waals surface area contributed by atoms with E-state index in [1.54, 1.807) is 6.33 Å². The van der Waals surface area contributed by atoms with Gasteiger partial charge in [-0.15, -0.1) is 0 Å². The number of imidazole rings is 1. The molecular weight excluding hydrogens is 148 g/mol. The van der Waals surface area contributed by atoms with Crippen LogP contribution in [0.1, 0.15) is 5.69 Å². The van der Waals surface area contributed by atoms with E-state index >= 15 is 0 Å². The number of aromatic hydroxyl groups is 1. The second kappa shape index (κ2) is 1.92. The van der Waals surface area contributed by atoms with Crippen molar-refractivity contribution in [3.05, 3.63) is 12.0 Å². The summed E-state index contributed by atoms with van der Waals surface area (Å²) < 4.78 is 1.94. The van der Waals surface area contributed by atoms with Crippen LogP contribution in [0.3, 0.4) is 0 Å². The molecule has 0 bridgehead atoms. The lowest BCUT2D eigenvalue weighted by Gasteiger charge is -1.94. The zero-order valence-corrected chi connectivity index (χ0v) is 6.25. The Kier molecular flexibility index (Phi) is 1.17. The van der Waals surface area contributed by atoms with Crippen LogP contribution in [-0.4, -0.2) is 19.9 Å². The highest BCUT2D eigenvalue weighted by atomic mass is 32.1. The molecule has 0 fully saturated rings. The molecule has 0 aliphatic carbocycles. The molecule has 1 atom stereocenters. The van der Waals surface area contributed by atoms with Gasteiger partial charge in [0.2, 0.25) is 5.88 Å². The average Bonchev–Trinajstić information content (AvgIpc) is 2.35. The van der Waals surface area contributed by atoms with Crippen LogP contribution in [0.15, 0.2) is 6.33 Å². The van der Waals surface area contributed by atoms with Crippen LogP contribution in [0, 0.1) is 0 Å². The third-order valence-corrected chi connectivity index (χ3v) is 2.11. The molecule has 2 rings (SSSR count). The summed E-state index contributed by atoms with van der Waals surface area (Å²) in [4.78, 5) is 3.76. The van der Waals surface area contributed by atoms with E-state index in [1.165, 1.54) is 0 Å². The molecule has 1 N–H and O–H groups in total. The molecule has 1 aliphatic rings. The Morgan fingerprint density at radius 3 is 3.30 bits per heavy atom. The standard InChI is InChI=1S/C6H8N2OS/c9-6-5-1-4(10)2-8(5)3-7-6/h3-4,9-10H,1-2H2/t4-/m0/s1. The lowest BCUT2D eigenvalue weighted by atomic mass is 10.3. The summed E-state index contributed by atoms with van der Waals surface area (Å²) in [5.74, 6) is 0.163. The lowest BCUT2D eigenvalue weighted by molar-refractivity contribution is 0.450. The maximum Gasteiger partial charge on any atom is 0.232 e. The van der Waals surface area contributed by atoms with Gasteiger partial charge in [0.05, 0.1) is 12.0 Å². The maximum atomic E-state index is 9.12. The molecule has 1 aromatic rings. The summed E-state index contributed by atoms with van der Waals surface area (Å²) in [5.41, 5.74) is 0.917. The van der Waals surface area contributed by atoms with Gasteiger partial charge in [-0.3, -0.25) is 0 Å². The molecule has 4 heteroatoms. The van der Waals surface area contributed by atoms with Crippen molar-refractivity contribution in [1.82, 2.24) is 9.55 Å². The lowest BCUT2D eigenvalue weighted by Crippen LogP contribution is -1.98. The second-order valence-electron chi connectivity index (χ2n) is 2.53. The Morgan fingerprint density at radius 1 is 1.80 bits per heavy atom. The van der Waals surface area contributed by atoms with E-state index in [9.17, 15) is 0 Å². The number of aromatic nitrogens is 2. The molecule has 54 valence electrons. The van der Waals surface area contributed by atoms with Crippen molar-refractivity contribution in [3.63, 3.8) is 0 Å². The van der Waals surface area contributed by atoms with Crippen molar-refractivity contribution in [2.75, 3.05) is 0 Å². The third-order valence-electron chi connectivity index (χ3n) is 1.76. The molecular formula is C6H8N2OS. The first-order chi connectivity index (χ1) is 4.77. The van der Waals surface area contributed by atoms with Crippen LogP contribution < -0.4 is 0 Å². The summed E-state index contributed by atoms with van der Waals surface area (Å²) in [7, 11) is 0. The van der Waals surface area contributed by atoms with Gasteiger partial charge in [-0.25, -0.2) is 4.98 Å². The van der Waals surface area contributed by atoms with Crippen molar-refractivity contribution >= 4 is 12.6 Å². The van der Waals surface area contributed by atoms with Gasteiger partial charge in [-0.05, 0) is 0 Å². The van der Waals surface area contributed by atoms with Crippen molar-refractivity contribution in [1.29, 1.82) is 0 Å². The number of hydrogen-bond acceptors (Lipinski definition) is 3. The van der Waals surface area contributed by atoms with Gasteiger partial charge in [0.25, 0.3) is 0 Å². The van der Waals surface area contributed by atoms with E-state index in [0.29, 0.717) is 5.25 Å². The number of rotatable bonds is 0. The molecule has 0 spiro atoms. The fraction of sp³-hybridized carbons (Fsp3) is 0.500. The van der Waals surface area contributed by atoms with Gasteiger partial charge in [0.1, 0.15) is 0 Å². The molecule has 2 heterocycles. The normalized spacial score (nSPS) is 23.1. The molecule has 3 nitrogen and oxygen atoms in total. The van der Waals surface area contributed by atoms with Gasteiger partial charge in [0, 0.05) is 18.2 Å². The largest absolute Gasteiger partial charge is 0.492 e. The van der Waals surface area contributed by atoms with Crippen molar-refractivity contribution in [2.24, 2.45) is 0 Å². The quantitative estimate of drug-likeness (QED) is 0.535. The SMILES string of the molecule is Oc1ncn2c1C[C@H](S)C2. The minimum atomic E-state index is 0.163. The molecule has 0 saturated carbocycles. The molecule has 0 radical (unpaired) electrons. The number of fused-ring (bicyclic) bond motifs is 1. The maximum absolute atomic E-state index is 9.12. The fourth-order valence-corrected chi connectivity index (χ4v) is 1.63. The van der Waals surface area contributed by atoms with E-state index in [1.807, 2.05) is 4.57 Å². The van der Waals surface area contributed by atoms with Gasteiger partial charge in [0.15, 0.2) is 0 Å². The third kappa shape index (κ3) is 0.718. The molecule has 1 aliphatic heterocycles. The molecule has 10 heavy (non-hydrogen) atoms. The number of nitrogens with zero attached hydrogens (tertiary/aromatic N) is 2. The molecule has 0 unspecified atom stereocenters. The van der Waals surface area contributed by atoms with E-state index in [0.717, 1.165) is 18.7 Å². The van der Waals surface area contributed by atoms with Gasteiger partial charge in [-0.1, -0.05) is 0 Å². The highest BCUT2D eigenvalue weighted by Gasteiger charge is 2.21. The summed E-state index contributed by atoms with van der Waals surface area (Å²) >= 11 is 4.29. The molecule has 0 saturated heterocycles. The fourth-order valence-electron chi connectivity index (χ4n) is 1.28. The van der Waals surface area contributed by atoms with Crippen molar-refractivity contribution in [3.8, 4) is 5.88 Å². The van der Waals surface area contributed by atoms with Crippen LogP contribution in [0.5, 0.6) is 5.88 Å². The summed E-state index contributed by atoms with van der Waals surface area (Å²) in [6, 6.07) is 0. The van der Waals surface area contributed by atoms with Crippen LogP contribution in [0.25, 0.3) is 0 Å². The first kappa shape index (κ1) is 6.09. The molecule has 0 amide bonds. The van der Waals surface area contributed by atoms with Gasteiger partial charge in [-0.2, -0.15) is 12.6 Å². The minimum absolute atomic E-state index is 0.163. The van der Waals surface area contributed by atoms with E-state index in [4.69, 9.17) is 5.11 Å². The summed E-state index contributed by atoms with van der Waals surface area (Å²) in [6.07, 6.45) is 2.48. The second-order valence-corrected chi connectivity index (χ2v) is 3.26. The van der Waals surface area contributed by atoms with Gasteiger partial charge >= 0.3 is 0 Å². The minimum Gasteiger partial charge on any atom is -0.492 e. The molecule has 1 aromatic heterocycles. The van der Waals surface area contributed by atoms with Crippen LogP contribution in [0.2, 0.25) is 0 Å². The highest BCUT2D eigenvalue weighted by molar-refractivity contribution is 7.80. The Labute approximate surface area is 64.1 Å². The van der Waals surface area contributed by atoms with Gasteiger partial charge < -0.3 is 9.67 Å². The first-order valence-electron chi connectivity index (χ1n) is 3.18. The van der Waals surface area contributed by atoms with E-state index in [-0.39, 0.29) is 5.88 Å². The Bertz CT molecular complexity index is 258. The predicted octanol–water partition coefficient (Wildman–Crippen LogP) is 0.443. The zero-order chi connectivity index (χ0) is 7.14. The summed E-state index contributed by atoms with van der Waals surface area (Å²) in [5, 5.41) is 9.47. The van der Waals surface area contributed by atoms with E-state index < -0.39 is 0 Å². The summed E-state index contributed by atoms with van der Waals surface area (Å²) in [6.45, 7) is 0.867. The van der Waals surface area contributed by atoms with Crippen LogP contribution >= 0.6 is 12.6 Å². The van der Waals surface area contributed by atoms with Crippen LogP contribution in [0.4, 0.5) is 0 Å².